The number of guanidine groups is 1. The number of hydrogen-bond acceptors (Lipinski definition) is 5. The summed E-state index contributed by atoms with van der Waals surface area (Å²) in [6.45, 7) is 5.75. The monoisotopic (exact) mass is 480 g/mol. The number of thioether (sulfide) groups is 1. The van der Waals surface area contributed by atoms with Crippen LogP contribution in [0.1, 0.15) is 13.3 Å². The minimum absolute atomic E-state index is 0. The van der Waals surface area contributed by atoms with Crippen LogP contribution in [0.15, 0.2) is 4.99 Å². The van der Waals surface area contributed by atoms with Gasteiger partial charge in [0, 0.05) is 57.9 Å². The van der Waals surface area contributed by atoms with E-state index in [1.54, 1.807) is 23.1 Å². The lowest BCUT2D eigenvalue weighted by Gasteiger charge is -2.25. The van der Waals surface area contributed by atoms with Gasteiger partial charge in [0.05, 0.1) is 5.75 Å². The second kappa shape index (κ2) is 13.5. The summed E-state index contributed by atoms with van der Waals surface area (Å²) in [6.07, 6.45) is 0.887. The molecule has 0 atom stereocenters. The second-order valence-electron chi connectivity index (χ2n) is 4.80. The number of sulfonamides is 1. The molecule has 2 N–H and O–H groups in total. The Labute approximate surface area is 161 Å². The van der Waals surface area contributed by atoms with E-state index in [0.29, 0.717) is 32.2 Å². The van der Waals surface area contributed by atoms with Crippen molar-refractivity contribution in [2.45, 2.75) is 13.3 Å². The molecule has 0 aromatic carbocycles. The van der Waals surface area contributed by atoms with Crippen LogP contribution in [0.3, 0.4) is 0 Å². The molecule has 0 unspecified atom stereocenters. The quantitative estimate of drug-likeness (QED) is 0.218. The fourth-order valence-electron chi connectivity index (χ4n) is 2.00. The molecule has 0 radical (unpaired) electrons. The van der Waals surface area contributed by atoms with Gasteiger partial charge in [-0.2, -0.15) is 11.8 Å². The Hall–Kier alpha value is 0.220. The summed E-state index contributed by atoms with van der Waals surface area (Å²) in [5.74, 6) is 2.49. The lowest BCUT2D eigenvalue weighted by atomic mass is 10.4. The Kier molecular flexibility index (Phi) is 13.6. The molecular formula is C13H29IN4O3S2. The van der Waals surface area contributed by atoms with E-state index in [2.05, 4.69) is 15.6 Å². The molecule has 0 saturated carbocycles. The van der Waals surface area contributed by atoms with Gasteiger partial charge in [-0.3, -0.25) is 4.99 Å². The van der Waals surface area contributed by atoms with Crippen molar-refractivity contribution >= 4 is 51.7 Å². The number of hydrogen-bond donors (Lipinski definition) is 2. The fourth-order valence-corrected chi connectivity index (χ4v) is 4.49. The van der Waals surface area contributed by atoms with Gasteiger partial charge in [0.15, 0.2) is 5.96 Å². The van der Waals surface area contributed by atoms with E-state index in [4.69, 9.17) is 4.74 Å². The van der Waals surface area contributed by atoms with Gasteiger partial charge < -0.3 is 15.4 Å². The van der Waals surface area contributed by atoms with Crippen LogP contribution < -0.4 is 10.6 Å². The average Bonchev–Trinajstić information content (AvgIpc) is 2.53. The fraction of sp³-hybridized carbons (Fsp3) is 0.923. The van der Waals surface area contributed by atoms with Crippen LogP contribution in [-0.4, -0.2) is 82.4 Å². The van der Waals surface area contributed by atoms with E-state index < -0.39 is 10.0 Å². The molecule has 1 saturated heterocycles. The van der Waals surface area contributed by atoms with Crippen molar-refractivity contribution in [1.82, 2.24) is 14.9 Å². The molecule has 0 amide bonds. The first-order chi connectivity index (χ1) is 10.6. The summed E-state index contributed by atoms with van der Waals surface area (Å²) in [5, 5.41) is 6.18. The standard InChI is InChI=1S/C13H28N4O3S2.HI/c1-3-20-9-4-5-15-13(14-2)16-6-12-22(18,19)17-7-10-21-11-8-17;/h3-12H2,1-2H3,(H2,14,15,16);1H. The number of halogens is 1. The molecule has 23 heavy (non-hydrogen) atoms. The maximum atomic E-state index is 12.2. The molecule has 0 aromatic rings. The average molecular weight is 480 g/mol. The zero-order valence-corrected chi connectivity index (χ0v) is 17.9. The third-order valence-electron chi connectivity index (χ3n) is 3.20. The summed E-state index contributed by atoms with van der Waals surface area (Å²) in [5.41, 5.74) is 0. The maximum absolute atomic E-state index is 12.2. The van der Waals surface area contributed by atoms with Crippen LogP contribution >= 0.6 is 35.7 Å². The highest BCUT2D eigenvalue weighted by molar-refractivity contribution is 14.0. The maximum Gasteiger partial charge on any atom is 0.215 e. The number of rotatable bonds is 9. The SMILES string of the molecule is CCOCCCNC(=NC)NCCS(=O)(=O)N1CCSCC1.I. The van der Waals surface area contributed by atoms with E-state index in [9.17, 15) is 8.42 Å². The van der Waals surface area contributed by atoms with Crippen LogP contribution in [-0.2, 0) is 14.8 Å². The zero-order valence-electron chi connectivity index (χ0n) is 13.9. The molecule has 10 heteroatoms. The first-order valence-corrected chi connectivity index (χ1v) is 10.4. The third-order valence-corrected chi connectivity index (χ3v) is 6.02. The topological polar surface area (TPSA) is 83.0 Å². The molecule has 7 nitrogen and oxygen atoms in total. The van der Waals surface area contributed by atoms with E-state index in [1.165, 1.54) is 0 Å². The molecule has 1 aliphatic heterocycles. The number of nitrogens with zero attached hydrogens (tertiary/aromatic N) is 2. The molecule has 0 aliphatic carbocycles. The van der Waals surface area contributed by atoms with Gasteiger partial charge in [-0.05, 0) is 13.3 Å². The molecule has 1 aliphatic rings. The van der Waals surface area contributed by atoms with Gasteiger partial charge in [0.2, 0.25) is 10.0 Å². The summed E-state index contributed by atoms with van der Waals surface area (Å²) in [7, 11) is -1.49. The molecule has 138 valence electrons. The van der Waals surface area contributed by atoms with E-state index in [0.717, 1.165) is 31.1 Å². The first kappa shape index (κ1) is 23.2. The van der Waals surface area contributed by atoms with Crippen molar-refractivity contribution < 1.29 is 13.2 Å². The largest absolute Gasteiger partial charge is 0.382 e. The number of aliphatic imine (C=N–C) groups is 1. The molecule has 0 aromatic heterocycles. The van der Waals surface area contributed by atoms with Gasteiger partial charge >= 0.3 is 0 Å². The van der Waals surface area contributed by atoms with Gasteiger partial charge in [-0.15, -0.1) is 24.0 Å². The lowest BCUT2D eigenvalue weighted by Crippen LogP contribution is -2.44. The second-order valence-corrected chi connectivity index (χ2v) is 8.12. The van der Waals surface area contributed by atoms with Crippen LogP contribution in [0.2, 0.25) is 0 Å². The summed E-state index contributed by atoms with van der Waals surface area (Å²) >= 11 is 1.80. The third kappa shape index (κ3) is 9.95. The Morgan fingerprint density at radius 2 is 1.91 bits per heavy atom. The Balaban J connectivity index is 0.00000484. The Morgan fingerprint density at radius 1 is 1.26 bits per heavy atom. The summed E-state index contributed by atoms with van der Waals surface area (Å²) in [6, 6.07) is 0. The minimum atomic E-state index is -3.17. The first-order valence-electron chi connectivity index (χ1n) is 7.68. The predicted molar refractivity (Wildman–Crippen MR) is 109 cm³/mol. The van der Waals surface area contributed by atoms with Gasteiger partial charge in [-0.25, -0.2) is 12.7 Å². The van der Waals surface area contributed by atoms with Crippen molar-refractivity contribution in [3.63, 3.8) is 0 Å². The van der Waals surface area contributed by atoms with E-state index >= 15 is 0 Å². The molecule has 1 fully saturated rings. The minimum Gasteiger partial charge on any atom is -0.382 e. The molecule has 1 rings (SSSR count). The highest BCUT2D eigenvalue weighted by Gasteiger charge is 2.23. The number of ether oxygens (including phenoxy) is 1. The highest BCUT2D eigenvalue weighted by atomic mass is 127. The summed E-state index contributed by atoms with van der Waals surface area (Å²) < 4.78 is 31.2. The number of nitrogens with one attached hydrogen (secondary N) is 2. The molecule has 0 spiro atoms. The molecule has 1 heterocycles. The van der Waals surface area contributed by atoms with Crippen LogP contribution in [0.25, 0.3) is 0 Å². The van der Waals surface area contributed by atoms with Crippen molar-refractivity contribution in [2.24, 2.45) is 4.99 Å². The van der Waals surface area contributed by atoms with Gasteiger partial charge in [-0.1, -0.05) is 0 Å². The van der Waals surface area contributed by atoms with Crippen molar-refractivity contribution in [1.29, 1.82) is 0 Å². The van der Waals surface area contributed by atoms with Crippen molar-refractivity contribution in [3.05, 3.63) is 0 Å². The van der Waals surface area contributed by atoms with Crippen molar-refractivity contribution in [3.8, 4) is 0 Å². The zero-order chi connectivity index (χ0) is 16.3. The van der Waals surface area contributed by atoms with Crippen LogP contribution in [0.5, 0.6) is 0 Å². The van der Waals surface area contributed by atoms with E-state index in [1.807, 2.05) is 6.92 Å². The van der Waals surface area contributed by atoms with Gasteiger partial charge in [0.1, 0.15) is 0 Å². The van der Waals surface area contributed by atoms with Crippen molar-refractivity contribution in [2.75, 3.05) is 63.7 Å². The Morgan fingerprint density at radius 3 is 2.52 bits per heavy atom. The van der Waals surface area contributed by atoms with Gasteiger partial charge in [0.25, 0.3) is 0 Å². The lowest BCUT2D eigenvalue weighted by molar-refractivity contribution is 0.145. The summed E-state index contributed by atoms with van der Waals surface area (Å²) in [4.78, 5) is 4.08. The highest BCUT2D eigenvalue weighted by Crippen LogP contribution is 2.12. The molecular weight excluding hydrogens is 451 g/mol. The normalized spacial score (nSPS) is 16.7. The predicted octanol–water partition coefficient (Wildman–Crippen LogP) is 0.575. The molecule has 0 bridgehead atoms. The smallest absolute Gasteiger partial charge is 0.215 e. The van der Waals surface area contributed by atoms with E-state index in [-0.39, 0.29) is 29.7 Å². The van der Waals surface area contributed by atoms with Crippen LogP contribution in [0, 0.1) is 0 Å². The van der Waals surface area contributed by atoms with Crippen LogP contribution in [0.4, 0.5) is 0 Å². The Bertz CT molecular complexity index is 429.